The first-order valence-corrected chi connectivity index (χ1v) is 9.13. The van der Waals surface area contributed by atoms with Crippen molar-refractivity contribution in [1.82, 2.24) is 20.1 Å². The van der Waals surface area contributed by atoms with E-state index in [1.54, 1.807) is 0 Å². The molecule has 1 N–H and O–H groups in total. The van der Waals surface area contributed by atoms with E-state index in [0.717, 1.165) is 55.7 Å². The lowest BCUT2D eigenvalue weighted by atomic mass is 10.0. The fourth-order valence-corrected chi connectivity index (χ4v) is 4.10. The third-order valence-corrected chi connectivity index (χ3v) is 5.53. The van der Waals surface area contributed by atoms with E-state index in [0.29, 0.717) is 11.6 Å². The number of piperidine rings is 1. The van der Waals surface area contributed by atoms with E-state index in [1.807, 2.05) is 24.4 Å². The molecule has 0 aliphatic carbocycles. The SMILES string of the molecule is N#Cc1ccc2nc(N3CCC(n4ncc5c4CNC5)CC3)ccc2c1. The van der Waals surface area contributed by atoms with Crippen LogP contribution in [0.25, 0.3) is 10.9 Å². The van der Waals surface area contributed by atoms with E-state index < -0.39 is 0 Å². The summed E-state index contributed by atoms with van der Waals surface area (Å²) in [6, 6.07) is 12.5. The maximum Gasteiger partial charge on any atom is 0.129 e. The van der Waals surface area contributed by atoms with Gasteiger partial charge in [0.15, 0.2) is 0 Å². The third-order valence-electron chi connectivity index (χ3n) is 5.53. The van der Waals surface area contributed by atoms with Gasteiger partial charge in [0.25, 0.3) is 0 Å². The topological polar surface area (TPSA) is 69.8 Å². The fourth-order valence-electron chi connectivity index (χ4n) is 4.10. The van der Waals surface area contributed by atoms with Crippen LogP contribution < -0.4 is 10.2 Å². The molecule has 0 spiro atoms. The van der Waals surface area contributed by atoms with Crippen molar-refractivity contribution >= 4 is 16.7 Å². The minimum atomic E-state index is 0.480. The molecule has 1 fully saturated rings. The predicted octanol–water partition coefficient (Wildman–Crippen LogP) is 2.75. The summed E-state index contributed by atoms with van der Waals surface area (Å²) in [7, 11) is 0. The molecule has 0 radical (unpaired) electrons. The van der Waals surface area contributed by atoms with Crippen LogP contribution in [-0.2, 0) is 13.1 Å². The second-order valence-corrected chi connectivity index (χ2v) is 7.07. The van der Waals surface area contributed by atoms with Crippen LogP contribution in [-0.4, -0.2) is 27.9 Å². The van der Waals surface area contributed by atoms with E-state index in [4.69, 9.17) is 10.2 Å². The smallest absolute Gasteiger partial charge is 0.129 e. The van der Waals surface area contributed by atoms with E-state index in [9.17, 15) is 0 Å². The Morgan fingerprint density at radius 2 is 2.00 bits per heavy atom. The molecule has 2 aromatic heterocycles. The molecule has 0 unspecified atom stereocenters. The van der Waals surface area contributed by atoms with Crippen molar-refractivity contribution in [2.45, 2.75) is 32.0 Å². The zero-order chi connectivity index (χ0) is 17.5. The first-order valence-electron chi connectivity index (χ1n) is 9.13. The molecule has 1 aromatic carbocycles. The van der Waals surface area contributed by atoms with Crippen molar-refractivity contribution in [2.24, 2.45) is 0 Å². The van der Waals surface area contributed by atoms with Gasteiger partial charge in [0.05, 0.1) is 35.1 Å². The molecule has 1 saturated heterocycles. The van der Waals surface area contributed by atoms with Crippen molar-refractivity contribution in [3.63, 3.8) is 0 Å². The number of fused-ring (bicyclic) bond motifs is 2. The minimum Gasteiger partial charge on any atom is -0.356 e. The third kappa shape index (κ3) is 2.52. The monoisotopic (exact) mass is 344 g/mol. The standard InChI is InChI=1S/C20H20N6/c21-10-14-1-3-18-15(9-14)2-4-20(24-18)25-7-5-17(6-8-25)26-19-13-22-11-16(19)12-23-26/h1-4,9,12,17,22H,5-8,11,13H2. The largest absolute Gasteiger partial charge is 0.356 e. The van der Waals surface area contributed by atoms with Crippen molar-refractivity contribution in [1.29, 1.82) is 5.26 Å². The highest BCUT2D eigenvalue weighted by Gasteiger charge is 2.26. The van der Waals surface area contributed by atoms with Crippen LogP contribution in [0, 0.1) is 11.3 Å². The normalized spacial score (nSPS) is 17.4. The Kier molecular flexibility index (Phi) is 3.61. The Morgan fingerprint density at radius 1 is 1.12 bits per heavy atom. The summed E-state index contributed by atoms with van der Waals surface area (Å²) >= 11 is 0. The number of nitrogens with zero attached hydrogens (tertiary/aromatic N) is 5. The van der Waals surface area contributed by atoms with Crippen LogP contribution in [0.2, 0.25) is 0 Å². The predicted molar refractivity (Wildman–Crippen MR) is 99.7 cm³/mol. The Hall–Kier alpha value is -2.91. The number of benzene rings is 1. The van der Waals surface area contributed by atoms with E-state index in [-0.39, 0.29) is 0 Å². The highest BCUT2D eigenvalue weighted by molar-refractivity contribution is 5.81. The Bertz CT molecular complexity index is 1010. The van der Waals surface area contributed by atoms with Gasteiger partial charge in [-0.25, -0.2) is 4.98 Å². The molecule has 26 heavy (non-hydrogen) atoms. The van der Waals surface area contributed by atoms with Gasteiger partial charge in [-0.2, -0.15) is 10.4 Å². The fraction of sp³-hybridized carbons (Fsp3) is 0.350. The van der Waals surface area contributed by atoms with E-state index >= 15 is 0 Å². The molecular formula is C20H20N6. The maximum absolute atomic E-state index is 9.03. The van der Waals surface area contributed by atoms with Gasteiger partial charge in [-0.05, 0) is 43.2 Å². The summed E-state index contributed by atoms with van der Waals surface area (Å²) in [5, 5.41) is 18.1. The summed E-state index contributed by atoms with van der Waals surface area (Å²) in [6.07, 6.45) is 4.19. The van der Waals surface area contributed by atoms with Crippen molar-refractivity contribution in [3.8, 4) is 6.07 Å². The number of aromatic nitrogens is 3. The van der Waals surface area contributed by atoms with Gasteiger partial charge >= 0.3 is 0 Å². The molecule has 5 rings (SSSR count). The van der Waals surface area contributed by atoms with Crippen molar-refractivity contribution in [3.05, 3.63) is 53.3 Å². The molecule has 4 heterocycles. The zero-order valence-corrected chi connectivity index (χ0v) is 14.5. The first kappa shape index (κ1) is 15.4. The quantitative estimate of drug-likeness (QED) is 0.774. The molecule has 0 saturated carbocycles. The van der Waals surface area contributed by atoms with E-state index in [1.165, 1.54) is 11.3 Å². The average molecular weight is 344 g/mol. The van der Waals surface area contributed by atoms with Gasteiger partial charge in [-0.1, -0.05) is 0 Å². The van der Waals surface area contributed by atoms with Gasteiger partial charge in [0, 0.05) is 37.1 Å². The van der Waals surface area contributed by atoms with Crippen LogP contribution >= 0.6 is 0 Å². The Morgan fingerprint density at radius 3 is 2.85 bits per heavy atom. The Balaban J connectivity index is 1.33. The molecule has 6 heteroatoms. The van der Waals surface area contributed by atoms with Crippen LogP contribution in [0.1, 0.15) is 35.7 Å². The number of hydrogen-bond acceptors (Lipinski definition) is 5. The number of anilines is 1. The summed E-state index contributed by atoms with van der Waals surface area (Å²) in [5.74, 6) is 1.02. The Labute approximate surface area is 152 Å². The molecule has 130 valence electrons. The highest BCUT2D eigenvalue weighted by atomic mass is 15.3. The van der Waals surface area contributed by atoms with Gasteiger partial charge in [0.2, 0.25) is 0 Å². The van der Waals surface area contributed by atoms with Gasteiger partial charge in [0.1, 0.15) is 5.82 Å². The summed E-state index contributed by atoms with van der Waals surface area (Å²) in [4.78, 5) is 7.16. The maximum atomic E-state index is 9.03. The molecule has 3 aromatic rings. The highest BCUT2D eigenvalue weighted by Crippen LogP contribution is 2.29. The average Bonchev–Trinajstić information content (AvgIpc) is 3.31. The summed E-state index contributed by atoms with van der Waals surface area (Å²) in [6.45, 7) is 3.86. The molecular weight excluding hydrogens is 324 g/mol. The van der Waals surface area contributed by atoms with E-state index in [2.05, 4.69) is 38.2 Å². The lowest BCUT2D eigenvalue weighted by Gasteiger charge is -2.33. The number of rotatable bonds is 2. The second-order valence-electron chi connectivity index (χ2n) is 7.07. The molecule has 0 atom stereocenters. The van der Waals surface area contributed by atoms with Crippen molar-refractivity contribution in [2.75, 3.05) is 18.0 Å². The molecule has 2 aliphatic heterocycles. The number of nitriles is 1. The molecule has 0 amide bonds. The second kappa shape index (κ2) is 6.11. The van der Waals surface area contributed by atoms with Crippen LogP contribution in [0.4, 0.5) is 5.82 Å². The first-order chi connectivity index (χ1) is 12.8. The van der Waals surface area contributed by atoms with Crippen molar-refractivity contribution < 1.29 is 0 Å². The molecule has 0 bridgehead atoms. The zero-order valence-electron chi connectivity index (χ0n) is 14.5. The van der Waals surface area contributed by atoms with Gasteiger partial charge < -0.3 is 10.2 Å². The van der Waals surface area contributed by atoms with Gasteiger partial charge in [-0.3, -0.25) is 4.68 Å². The molecule has 6 nitrogen and oxygen atoms in total. The minimum absolute atomic E-state index is 0.480. The number of nitrogens with one attached hydrogen (secondary N) is 1. The molecule has 2 aliphatic rings. The van der Waals surface area contributed by atoms with Crippen LogP contribution in [0.3, 0.4) is 0 Å². The summed E-state index contributed by atoms with van der Waals surface area (Å²) in [5.41, 5.74) is 4.33. The summed E-state index contributed by atoms with van der Waals surface area (Å²) < 4.78 is 2.24. The van der Waals surface area contributed by atoms with Crippen LogP contribution in [0.15, 0.2) is 36.5 Å². The number of hydrogen-bond donors (Lipinski definition) is 1. The lowest BCUT2D eigenvalue weighted by Crippen LogP contribution is -2.35. The number of pyridine rings is 1. The van der Waals surface area contributed by atoms with Gasteiger partial charge in [-0.15, -0.1) is 0 Å². The lowest BCUT2D eigenvalue weighted by molar-refractivity contribution is 0.356. The van der Waals surface area contributed by atoms with Crippen LogP contribution in [0.5, 0.6) is 0 Å².